The van der Waals surface area contributed by atoms with Crippen molar-refractivity contribution in [2.75, 3.05) is 32.2 Å². The third-order valence-electron chi connectivity index (χ3n) is 3.09. The number of hydrogen-bond donors (Lipinski definition) is 0. The molecule has 0 atom stereocenters. The van der Waals surface area contributed by atoms with E-state index in [0.717, 1.165) is 39.1 Å². The van der Waals surface area contributed by atoms with Gasteiger partial charge in [-0.25, -0.2) is 0 Å². The fourth-order valence-electron chi connectivity index (χ4n) is 1.87. The lowest BCUT2D eigenvalue weighted by atomic mass is 9.81. The number of amides is 1. The van der Waals surface area contributed by atoms with Crippen LogP contribution in [0.15, 0.2) is 0 Å². The van der Waals surface area contributed by atoms with Crippen molar-refractivity contribution in [1.82, 2.24) is 4.90 Å². The lowest BCUT2D eigenvalue weighted by molar-refractivity contribution is -0.131. The Morgan fingerprint density at radius 1 is 1.47 bits per heavy atom. The second kappa shape index (κ2) is 5.71. The summed E-state index contributed by atoms with van der Waals surface area (Å²) in [7, 11) is 0. The summed E-state index contributed by atoms with van der Waals surface area (Å²) in [5.41, 5.74) is 0.235. The van der Waals surface area contributed by atoms with Gasteiger partial charge < -0.3 is 9.64 Å². The fraction of sp³-hybridized carbons (Fsp3) is 0.909. The minimum absolute atomic E-state index is 0.0510. The molecule has 1 amide bonds. The van der Waals surface area contributed by atoms with Gasteiger partial charge >= 0.3 is 0 Å². The summed E-state index contributed by atoms with van der Waals surface area (Å²) < 4.78 is 5.47. The Morgan fingerprint density at radius 2 is 2.07 bits per heavy atom. The van der Waals surface area contributed by atoms with Crippen molar-refractivity contribution in [1.29, 1.82) is 0 Å². The first-order chi connectivity index (χ1) is 7.11. The van der Waals surface area contributed by atoms with Gasteiger partial charge in [0.1, 0.15) is 5.88 Å². The first-order valence-electron chi connectivity index (χ1n) is 5.53. The van der Waals surface area contributed by atoms with Crippen LogP contribution in [-0.2, 0) is 9.53 Å². The van der Waals surface area contributed by atoms with Gasteiger partial charge in [0.15, 0.2) is 0 Å². The zero-order chi connectivity index (χ0) is 11.3. The van der Waals surface area contributed by atoms with Crippen LogP contribution in [-0.4, -0.2) is 43.0 Å². The molecule has 0 radical (unpaired) electrons. The summed E-state index contributed by atoms with van der Waals surface area (Å²) in [5.74, 6) is 0.150. The van der Waals surface area contributed by atoms with Crippen LogP contribution >= 0.6 is 11.6 Å². The van der Waals surface area contributed by atoms with E-state index in [-0.39, 0.29) is 17.2 Å². The van der Waals surface area contributed by atoms with Gasteiger partial charge in [-0.2, -0.15) is 0 Å². The molecule has 1 heterocycles. The van der Waals surface area contributed by atoms with Gasteiger partial charge in [-0.1, -0.05) is 6.92 Å². The van der Waals surface area contributed by atoms with E-state index < -0.39 is 0 Å². The highest BCUT2D eigenvalue weighted by Gasteiger charge is 2.31. The lowest BCUT2D eigenvalue weighted by Gasteiger charge is -2.38. The molecule has 4 heteroatoms. The van der Waals surface area contributed by atoms with E-state index in [4.69, 9.17) is 16.3 Å². The molecule has 0 unspecified atom stereocenters. The molecular weight excluding hydrogens is 214 g/mol. The Balaban J connectivity index is 2.37. The molecule has 0 aliphatic carbocycles. The number of carbonyl (C=O) groups excluding carboxylic acids is 1. The number of nitrogens with zero attached hydrogens (tertiary/aromatic N) is 1. The van der Waals surface area contributed by atoms with E-state index in [0.29, 0.717) is 0 Å². The molecule has 0 aromatic carbocycles. The SMILES string of the molecule is CCOCC1(C)CCN(C(=O)CCl)CC1. The molecule has 3 nitrogen and oxygen atoms in total. The molecule has 1 aliphatic rings. The number of piperidine rings is 1. The number of likely N-dealkylation sites (tertiary alicyclic amines) is 1. The average molecular weight is 234 g/mol. The minimum Gasteiger partial charge on any atom is -0.381 e. The van der Waals surface area contributed by atoms with Crippen molar-refractivity contribution in [2.45, 2.75) is 26.7 Å². The number of carbonyl (C=O) groups is 1. The van der Waals surface area contributed by atoms with Gasteiger partial charge in [-0.3, -0.25) is 4.79 Å². The Morgan fingerprint density at radius 3 is 2.53 bits per heavy atom. The molecule has 15 heavy (non-hydrogen) atoms. The van der Waals surface area contributed by atoms with E-state index in [2.05, 4.69) is 6.92 Å². The molecule has 88 valence electrons. The summed E-state index contributed by atoms with van der Waals surface area (Å²) in [6.07, 6.45) is 2.02. The van der Waals surface area contributed by atoms with Crippen LogP contribution in [0.5, 0.6) is 0 Å². The Hall–Kier alpha value is -0.280. The Labute approximate surface area is 96.7 Å². The third kappa shape index (κ3) is 3.65. The fourth-order valence-corrected chi connectivity index (χ4v) is 2.04. The van der Waals surface area contributed by atoms with E-state index in [1.54, 1.807) is 0 Å². The van der Waals surface area contributed by atoms with Crippen LogP contribution in [0, 0.1) is 5.41 Å². The van der Waals surface area contributed by atoms with Crippen molar-refractivity contribution in [3.63, 3.8) is 0 Å². The van der Waals surface area contributed by atoms with Crippen molar-refractivity contribution in [3.05, 3.63) is 0 Å². The summed E-state index contributed by atoms with van der Waals surface area (Å²) in [6.45, 7) is 7.43. The van der Waals surface area contributed by atoms with Gasteiger partial charge in [0.2, 0.25) is 5.91 Å². The highest BCUT2D eigenvalue weighted by molar-refractivity contribution is 6.27. The van der Waals surface area contributed by atoms with Gasteiger partial charge in [0.25, 0.3) is 0 Å². The topological polar surface area (TPSA) is 29.5 Å². The highest BCUT2D eigenvalue weighted by atomic mass is 35.5. The standard InChI is InChI=1S/C11H20ClNO2/c1-3-15-9-11(2)4-6-13(7-5-11)10(14)8-12/h3-9H2,1-2H3. The molecule has 0 spiro atoms. The molecule has 0 N–H and O–H groups in total. The van der Waals surface area contributed by atoms with Crippen LogP contribution in [0.1, 0.15) is 26.7 Å². The zero-order valence-electron chi connectivity index (χ0n) is 9.59. The second-order valence-corrected chi connectivity index (χ2v) is 4.73. The van der Waals surface area contributed by atoms with Crippen LogP contribution in [0.4, 0.5) is 0 Å². The lowest BCUT2D eigenvalue weighted by Crippen LogP contribution is -2.44. The maximum atomic E-state index is 11.4. The quantitative estimate of drug-likeness (QED) is 0.694. The number of halogens is 1. The van der Waals surface area contributed by atoms with Crippen LogP contribution in [0.2, 0.25) is 0 Å². The number of ether oxygens (including phenoxy) is 1. The zero-order valence-corrected chi connectivity index (χ0v) is 10.3. The molecule has 1 saturated heterocycles. The predicted octanol–water partition coefficient (Wildman–Crippen LogP) is 1.89. The average Bonchev–Trinajstić information content (AvgIpc) is 2.26. The van der Waals surface area contributed by atoms with E-state index >= 15 is 0 Å². The highest BCUT2D eigenvalue weighted by Crippen LogP contribution is 2.31. The van der Waals surface area contributed by atoms with Gasteiger partial charge in [-0.05, 0) is 25.2 Å². The Kier molecular flexibility index (Phi) is 4.87. The number of rotatable bonds is 4. The van der Waals surface area contributed by atoms with Gasteiger partial charge in [0.05, 0.1) is 6.61 Å². The molecule has 1 aliphatic heterocycles. The van der Waals surface area contributed by atoms with Crippen molar-refractivity contribution in [3.8, 4) is 0 Å². The maximum absolute atomic E-state index is 11.4. The summed E-state index contributed by atoms with van der Waals surface area (Å²) in [6, 6.07) is 0. The van der Waals surface area contributed by atoms with E-state index in [1.165, 1.54) is 0 Å². The monoisotopic (exact) mass is 233 g/mol. The second-order valence-electron chi connectivity index (χ2n) is 4.46. The maximum Gasteiger partial charge on any atom is 0.237 e. The molecule has 0 bridgehead atoms. The Bertz CT molecular complexity index is 213. The van der Waals surface area contributed by atoms with Gasteiger partial charge in [0, 0.05) is 19.7 Å². The summed E-state index contributed by atoms with van der Waals surface area (Å²) in [5, 5.41) is 0. The van der Waals surface area contributed by atoms with Crippen molar-refractivity contribution >= 4 is 17.5 Å². The normalized spacial score (nSPS) is 20.3. The summed E-state index contributed by atoms with van der Waals surface area (Å²) >= 11 is 5.52. The number of hydrogen-bond acceptors (Lipinski definition) is 2. The van der Waals surface area contributed by atoms with Crippen LogP contribution < -0.4 is 0 Å². The molecular formula is C11H20ClNO2. The molecule has 1 fully saturated rings. The van der Waals surface area contributed by atoms with Crippen LogP contribution in [0.3, 0.4) is 0 Å². The largest absolute Gasteiger partial charge is 0.381 e. The summed E-state index contributed by atoms with van der Waals surface area (Å²) in [4.78, 5) is 13.2. The van der Waals surface area contributed by atoms with E-state index in [1.807, 2.05) is 11.8 Å². The molecule has 0 aromatic rings. The first kappa shape index (κ1) is 12.8. The van der Waals surface area contributed by atoms with Crippen molar-refractivity contribution < 1.29 is 9.53 Å². The molecule has 0 aromatic heterocycles. The van der Waals surface area contributed by atoms with Gasteiger partial charge in [-0.15, -0.1) is 11.6 Å². The van der Waals surface area contributed by atoms with Crippen molar-refractivity contribution in [2.24, 2.45) is 5.41 Å². The molecule has 0 saturated carbocycles. The number of alkyl halides is 1. The van der Waals surface area contributed by atoms with E-state index in [9.17, 15) is 4.79 Å². The molecule has 1 rings (SSSR count). The first-order valence-corrected chi connectivity index (χ1v) is 6.06. The minimum atomic E-state index is 0.0510. The van der Waals surface area contributed by atoms with Crippen LogP contribution in [0.25, 0.3) is 0 Å². The smallest absolute Gasteiger partial charge is 0.237 e. The predicted molar refractivity (Wildman–Crippen MR) is 61.1 cm³/mol. The third-order valence-corrected chi connectivity index (χ3v) is 3.32.